The van der Waals surface area contributed by atoms with Crippen molar-refractivity contribution in [3.05, 3.63) is 47.5 Å². The molecule has 2 aromatic rings. The van der Waals surface area contributed by atoms with Crippen LogP contribution in [0.25, 0.3) is 0 Å². The lowest BCUT2D eigenvalue weighted by atomic mass is 10.1. The lowest BCUT2D eigenvalue weighted by molar-refractivity contribution is -0.125. The molecular formula is C22H25ClN4O4. The Morgan fingerprint density at radius 1 is 1.06 bits per heavy atom. The van der Waals surface area contributed by atoms with E-state index in [1.807, 2.05) is 0 Å². The molecule has 3 amide bonds. The number of nitrogens with one attached hydrogen (secondary N) is 2. The van der Waals surface area contributed by atoms with Crippen LogP contribution in [0, 0.1) is 0 Å². The van der Waals surface area contributed by atoms with E-state index in [4.69, 9.17) is 21.1 Å². The van der Waals surface area contributed by atoms with Crippen LogP contribution in [0.5, 0.6) is 5.75 Å². The average molecular weight is 445 g/mol. The molecule has 0 saturated carbocycles. The van der Waals surface area contributed by atoms with Crippen LogP contribution in [-0.2, 0) is 9.53 Å². The van der Waals surface area contributed by atoms with Crippen LogP contribution in [0.2, 0.25) is 5.02 Å². The van der Waals surface area contributed by atoms with Gasteiger partial charge in [-0.1, -0.05) is 11.6 Å². The highest BCUT2D eigenvalue weighted by Gasteiger charge is 2.32. The van der Waals surface area contributed by atoms with E-state index in [2.05, 4.69) is 15.5 Å². The minimum absolute atomic E-state index is 0.0940. The maximum atomic E-state index is 12.8. The van der Waals surface area contributed by atoms with Crippen molar-refractivity contribution in [2.24, 2.45) is 0 Å². The summed E-state index contributed by atoms with van der Waals surface area (Å²) in [7, 11) is 0. The summed E-state index contributed by atoms with van der Waals surface area (Å²) in [6, 6.07) is 11.7. The third-order valence-electron chi connectivity index (χ3n) is 5.27. The fraction of sp³-hybridized carbons (Fsp3) is 0.364. The predicted molar refractivity (Wildman–Crippen MR) is 120 cm³/mol. The van der Waals surface area contributed by atoms with Crippen LogP contribution in [0.15, 0.2) is 42.5 Å². The Labute approximate surface area is 186 Å². The van der Waals surface area contributed by atoms with Crippen molar-refractivity contribution in [3.63, 3.8) is 0 Å². The SMILES string of the molecule is CC1Oc2ccc(NC(=O)Nc3ccc(Cl)cc3)cc2N(CCN2CCOCC2)C1=O. The summed E-state index contributed by atoms with van der Waals surface area (Å²) in [4.78, 5) is 29.2. The van der Waals surface area contributed by atoms with Gasteiger partial charge in [-0.05, 0) is 49.4 Å². The Morgan fingerprint density at radius 2 is 1.74 bits per heavy atom. The standard InChI is InChI=1S/C22H25ClN4O4/c1-15-21(28)27(9-8-26-10-12-30-13-11-26)19-14-18(6-7-20(19)31-15)25-22(29)24-17-4-2-16(23)3-5-17/h2-7,14-15H,8-13H2,1H3,(H2,24,25,29). The van der Waals surface area contributed by atoms with E-state index < -0.39 is 12.1 Å². The molecule has 2 aromatic carbocycles. The molecule has 31 heavy (non-hydrogen) atoms. The number of urea groups is 1. The monoisotopic (exact) mass is 444 g/mol. The van der Waals surface area contributed by atoms with Crippen LogP contribution in [0.1, 0.15) is 6.92 Å². The molecule has 2 aliphatic rings. The molecule has 9 heteroatoms. The molecule has 0 radical (unpaired) electrons. The second kappa shape index (κ2) is 9.55. The first kappa shape index (κ1) is 21.4. The summed E-state index contributed by atoms with van der Waals surface area (Å²) in [5.74, 6) is 0.529. The highest BCUT2D eigenvalue weighted by Crippen LogP contribution is 2.36. The van der Waals surface area contributed by atoms with Crippen LogP contribution < -0.4 is 20.3 Å². The first-order chi connectivity index (χ1) is 15.0. The zero-order valence-electron chi connectivity index (χ0n) is 17.3. The van der Waals surface area contributed by atoms with E-state index in [-0.39, 0.29) is 5.91 Å². The van der Waals surface area contributed by atoms with Gasteiger partial charge in [0.2, 0.25) is 0 Å². The van der Waals surface area contributed by atoms with Gasteiger partial charge in [0.1, 0.15) is 5.75 Å². The fourth-order valence-electron chi connectivity index (χ4n) is 3.61. The van der Waals surface area contributed by atoms with Crippen molar-refractivity contribution in [3.8, 4) is 5.75 Å². The van der Waals surface area contributed by atoms with Gasteiger partial charge in [-0.2, -0.15) is 0 Å². The Bertz CT molecular complexity index is 947. The van der Waals surface area contributed by atoms with Gasteiger partial charge in [0.05, 0.1) is 18.9 Å². The number of carbonyl (C=O) groups is 2. The van der Waals surface area contributed by atoms with Crippen LogP contribution in [-0.4, -0.2) is 62.3 Å². The molecule has 164 valence electrons. The molecule has 8 nitrogen and oxygen atoms in total. The number of benzene rings is 2. The van der Waals surface area contributed by atoms with Crippen molar-refractivity contribution >= 4 is 40.6 Å². The van der Waals surface area contributed by atoms with E-state index in [1.54, 1.807) is 54.3 Å². The number of rotatable bonds is 5. The van der Waals surface area contributed by atoms with Crippen LogP contribution in [0.4, 0.5) is 21.9 Å². The zero-order valence-corrected chi connectivity index (χ0v) is 18.0. The van der Waals surface area contributed by atoms with Gasteiger partial charge in [0.25, 0.3) is 5.91 Å². The molecule has 0 bridgehead atoms. The number of nitrogens with zero attached hydrogens (tertiary/aromatic N) is 2. The van der Waals surface area contributed by atoms with E-state index in [0.29, 0.717) is 47.6 Å². The lowest BCUT2D eigenvalue weighted by Gasteiger charge is -2.35. The van der Waals surface area contributed by atoms with Crippen molar-refractivity contribution in [1.29, 1.82) is 0 Å². The number of halogens is 1. The third-order valence-corrected chi connectivity index (χ3v) is 5.52. The molecule has 0 aromatic heterocycles. The Morgan fingerprint density at radius 3 is 2.48 bits per heavy atom. The first-order valence-corrected chi connectivity index (χ1v) is 10.6. The molecular weight excluding hydrogens is 420 g/mol. The largest absolute Gasteiger partial charge is 0.479 e. The summed E-state index contributed by atoms with van der Waals surface area (Å²) in [6.45, 7) is 6.16. The van der Waals surface area contributed by atoms with Crippen molar-refractivity contribution in [2.75, 3.05) is 54.9 Å². The Balaban J connectivity index is 1.46. The lowest BCUT2D eigenvalue weighted by Crippen LogP contribution is -2.48. The zero-order chi connectivity index (χ0) is 21.8. The number of hydrogen-bond donors (Lipinski definition) is 2. The van der Waals surface area contributed by atoms with E-state index in [9.17, 15) is 9.59 Å². The van der Waals surface area contributed by atoms with Gasteiger partial charge in [0, 0.05) is 42.6 Å². The van der Waals surface area contributed by atoms with Gasteiger partial charge in [-0.15, -0.1) is 0 Å². The molecule has 0 spiro atoms. The molecule has 2 heterocycles. The summed E-state index contributed by atoms with van der Waals surface area (Å²) in [6.07, 6.45) is -0.552. The third kappa shape index (κ3) is 5.28. The molecule has 2 N–H and O–H groups in total. The Hall–Kier alpha value is -2.81. The fourth-order valence-corrected chi connectivity index (χ4v) is 3.73. The minimum atomic E-state index is -0.552. The second-order valence-corrected chi connectivity index (χ2v) is 7.91. The quantitative estimate of drug-likeness (QED) is 0.738. The van der Waals surface area contributed by atoms with Crippen LogP contribution >= 0.6 is 11.6 Å². The van der Waals surface area contributed by atoms with E-state index in [1.165, 1.54) is 0 Å². The molecule has 4 rings (SSSR count). The van der Waals surface area contributed by atoms with Gasteiger partial charge >= 0.3 is 6.03 Å². The second-order valence-electron chi connectivity index (χ2n) is 7.47. The van der Waals surface area contributed by atoms with Gasteiger partial charge < -0.3 is 25.0 Å². The molecule has 1 atom stereocenters. The molecule has 1 fully saturated rings. The van der Waals surface area contributed by atoms with Gasteiger partial charge in [0.15, 0.2) is 6.10 Å². The average Bonchev–Trinajstić information content (AvgIpc) is 2.77. The summed E-state index contributed by atoms with van der Waals surface area (Å²) >= 11 is 5.87. The highest BCUT2D eigenvalue weighted by atomic mass is 35.5. The number of amides is 3. The molecule has 0 aliphatic carbocycles. The highest BCUT2D eigenvalue weighted by molar-refractivity contribution is 6.30. The maximum absolute atomic E-state index is 12.8. The van der Waals surface area contributed by atoms with E-state index >= 15 is 0 Å². The smallest absolute Gasteiger partial charge is 0.323 e. The summed E-state index contributed by atoms with van der Waals surface area (Å²) < 4.78 is 11.2. The Kier molecular flexibility index (Phi) is 6.60. The number of fused-ring (bicyclic) bond motifs is 1. The van der Waals surface area contributed by atoms with E-state index in [0.717, 1.165) is 19.6 Å². The number of morpholine rings is 1. The molecule has 1 unspecified atom stereocenters. The number of ether oxygens (including phenoxy) is 2. The first-order valence-electron chi connectivity index (χ1n) is 10.3. The van der Waals surface area contributed by atoms with Crippen molar-refractivity contribution in [2.45, 2.75) is 13.0 Å². The maximum Gasteiger partial charge on any atom is 0.323 e. The van der Waals surface area contributed by atoms with Gasteiger partial charge in [-0.25, -0.2) is 4.79 Å². The normalized spacial score (nSPS) is 18.8. The minimum Gasteiger partial charge on any atom is -0.479 e. The van der Waals surface area contributed by atoms with Gasteiger partial charge in [-0.3, -0.25) is 9.69 Å². The predicted octanol–water partition coefficient (Wildman–Crippen LogP) is 3.43. The van der Waals surface area contributed by atoms with Crippen molar-refractivity contribution < 1.29 is 19.1 Å². The summed E-state index contributed by atoms with van der Waals surface area (Å²) in [5, 5.41) is 6.15. The number of hydrogen-bond acceptors (Lipinski definition) is 5. The molecule has 2 aliphatic heterocycles. The van der Waals surface area contributed by atoms with Crippen molar-refractivity contribution in [1.82, 2.24) is 4.90 Å². The topological polar surface area (TPSA) is 83.1 Å². The summed E-state index contributed by atoms with van der Waals surface area (Å²) in [5.41, 5.74) is 1.84. The van der Waals surface area contributed by atoms with Crippen LogP contribution in [0.3, 0.4) is 0 Å². The number of anilines is 3. The molecule has 1 saturated heterocycles. The number of carbonyl (C=O) groups excluding carboxylic acids is 2.